The molecule has 198 valence electrons. The van der Waals surface area contributed by atoms with E-state index in [1.54, 1.807) is 0 Å². The molecule has 5 rings (SSSR count). The Bertz CT molecular complexity index is 1230. The first-order valence-corrected chi connectivity index (χ1v) is 14.0. The molecule has 9 heteroatoms. The zero-order valence-corrected chi connectivity index (χ0v) is 22.2. The summed E-state index contributed by atoms with van der Waals surface area (Å²) in [7, 11) is -1.41. The molecule has 2 aliphatic rings. The van der Waals surface area contributed by atoms with Crippen molar-refractivity contribution in [1.82, 2.24) is 9.80 Å². The van der Waals surface area contributed by atoms with Crippen LogP contribution in [0.4, 0.5) is 0 Å². The lowest BCUT2D eigenvalue weighted by molar-refractivity contribution is 0.0133. The highest BCUT2D eigenvalue weighted by Gasteiger charge is 2.39. The topological polar surface area (TPSA) is 111 Å². The van der Waals surface area contributed by atoms with Crippen LogP contribution in [0.5, 0.6) is 11.5 Å². The Morgan fingerprint density at radius 2 is 1.41 bits per heavy atom. The quantitative estimate of drug-likeness (QED) is 0.531. The third kappa shape index (κ3) is 7.30. The number of fused-ring (bicyclic) bond motifs is 1. The fourth-order valence-corrected chi connectivity index (χ4v) is 5.12. The number of hydrogen-bond acceptors (Lipinski definition) is 6. The van der Waals surface area contributed by atoms with Crippen LogP contribution >= 0.6 is 0 Å². The average Bonchev–Trinajstić information content (AvgIpc) is 2.87. The van der Waals surface area contributed by atoms with Crippen molar-refractivity contribution in [3.8, 4) is 11.5 Å². The molecular weight excluding hydrogens is 488 g/mol. The minimum atomic E-state index is -3.67. The first-order valence-electron chi connectivity index (χ1n) is 12.4. The van der Waals surface area contributed by atoms with Crippen LogP contribution in [-0.2, 0) is 16.6 Å². The Kier molecular flexibility index (Phi) is 8.51. The maximum absolute atomic E-state index is 9.19. The molecule has 0 radical (unpaired) electrons. The van der Waals surface area contributed by atoms with Gasteiger partial charge >= 0.3 is 0 Å². The van der Waals surface area contributed by atoms with E-state index >= 15 is 0 Å². The molecule has 2 heterocycles. The van der Waals surface area contributed by atoms with E-state index in [0.29, 0.717) is 13.2 Å². The van der Waals surface area contributed by atoms with E-state index in [1.807, 2.05) is 0 Å². The first kappa shape index (κ1) is 27.1. The van der Waals surface area contributed by atoms with Crippen molar-refractivity contribution in [2.24, 2.45) is 10.3 Å². The Morgan fingerprint density at radius 3 is 1.97 bits per heavy atom. The van der Waals surface area contributed by atoms with E-state index in [-0.39, 0.29) is 11.6 Å². The summed E-state index contributed by atoms with van der Waals surface area (Å²) in [5, 5.41) is 8.21. The van der Waals surface area contributed by atoms with Crippen molar-refractivity contribution in [1.29, 1.82) is 0 Å². The Morgan fingerprint density at radius 1 is 0.865 bits per heavy atom. The van der Waals surface area contributed by atoms with Gasteiger partial charge in [0.25, 0.3) is 10.2 Å². The first-order chi connectivity index (χ1) is 17.6. The minimum Gasteiger partial charge on any atom is -0.486 e. The van der Waals surface area contributed by atoms with Crippen molar-refractivity contribution in [2.75, 3.05) is 39.9 Å². The molecule has 0 saturated carbocycles. The van der Waals surface area contributed by atoms with Gasteiger partial charge in [0.15, 0.2) is 11.5 Å². The molecule has 1 atom stereocenters. The summed E-state index contributed by atoms with van der Waals surface area (Å²) in [5.41, 5.74) is 4.01. The Labute approximate surface area is 220 Å². The van der Waals surface area contributed by atoms with Crippen LogP contribution in [0.1, 0.15) is 29.7 Å². The van der Waals surface area contributed by atoms with Gasteiger partial charge in [-0.05, 0) is 49.2 Å². The monoisotopic (exact) mass is 524 g/mol. The van der Waals surface area contributed by atoms with Crippen LogP contribution in [0.25, 0.3) is 0 Å². The van der Waals surface area contributed by atoms with Crippen molar-refractivity contribution in [3.05, 3.63) is 95.6 Å². The number of nitrogens with two attached hydrogens (primary N) is 2. The minimum absolute atomic E-state index is 0.0177. The van der Waals surface area contributed by atoms with Gasteiger partial charge in [0.05, 0.1) is 6.04 Å². The van der Waals surface area contributed by atoms with Crippen LogP contribution in [0.2, 0.25) is 0 Å². The van der Waals surface area contributed by atoms with Crippen molar-refractivity contribution in [3.63, 3.8) is 0 Å². The van der Waals surface area contributed by atoms with Crippen LogP contribution in [0.15, 0.2) is 78.9 Å². The van der Waals surface area contributed by atoms with Crippen LogP contribution in [0.3, 0.4) is 0 Å². The van der Waals surface area contributed by atoms with E-state index in [4.69, 9.17) is 9.47 Å². The summed E-state index contributed by atoms with van der Waals surface area (Å²) in [6, 6.07) is 28.5. The summed E-state index contributed by atoms with van der Waals surface area (Å²) in [4.78, 5) is 5.18. The van der Waals surface area contributed by atoms with Gasteiger partial charge in [0.1, 0.15) is 13.2 Å². The van der Waals surface area contributed by atoms with Crippen molar-refractivity contribution >= 4 is 10.2 Å². The van der Waals surface area contributed by atoms with E-state index in [0.717, 1.165) is 37.6 Å². The molecule has 0 aliphatic carbocycles. The second-order valence-corrected chi connectivity index (χ2v) is 11.0. The standard InChI is InChI=1S/C28H32N2O2.H4N2O2S/c1-28(20-22-13-14-25-26(19-22)32-18-17-31-25)21-30(16-15-29(28)2)27(23-9-5-3-6-10-23)24-11-7-4-8-12-24;1-5(2,3)4/h3-14,19,27H,15-18,20-21H2,1-2H3;(H4,1,2,3,4). The number of rotatable bonds is 5. The van der Waals surface area contributed by atoms with Gasteiger partial charge in [-0.25, -0.2) is 10.3 Å². The predicted molar refractivity (Wildman–Crippen MR) is 146 cm³/mol. The average molecular weight is 525 g/mol. The van der Waals surface area contributed by atoms with Crippen LogP contribution < -0.4 is 19.8 Å². The predicted octanol–water partition coefficient (Wildman–Crippen LogP) is 2.94. The lowest BCUT2D eigenvalue weighted by Gasteiger charge is -2.50. The molecule has 2 aliphatic heterocycles. The number of hydrogen-bond donors (Lipinski definition) is 2. The number of benzene rings is 3. The molecule has 0 amide bonds. The maximum atomic E-state index is 9.19. The fraction of sp³-hybridized carbons (Fsp3) is 0.357. The summed E-state index contributed by atoms with van der Waals surface area (Å²) in [6.45, 7) is 6.72. The highest BCUT2D eigenvalue weighted by Crippen LogP contribution is 2.36. The smallest absolute Gasteiger partial charge is 0.271 e. The third-order valence-corrected chi connectivity index (χ3v) is 6.98. The molecular formula is C28H36N4O4S. The Hall–Kier alpha value is -2.95. The molecule has 0 spiro atoms. The molecule has 3 aromatic carbocycles. The van der Waals surface area contributed by atoms with E-state index in [1.165, 1.54) is 16.7 Å². The van der Waals surface area contributed by atoms with Crippen LogP contribution in [-0.4, -0.2) is 63.7 Å². The summed E-state index contributed by atoms with van der Waals surface area (Å²) < 4.78 is 29.9. The number of ether oxygens (including phenoxy) is 2. The second kappa shape index (κ2) is 11.6. The molecule has 37 heavy (non-hydrogen) atoms. The highest BCUT2D eigenvalue weighted by atomic mass is 32.2. The second-order valence-electron chi connectivity index (χ2n) is 9.86. The zero-order valence-electron chi connectivity index (χ0n) is 21.4. The number of nitrogens with zero attached hydrogens (tertiary/aromatic N) is 2. The maximum Gasteiger partial charge on any atom is 0.271 e. The van der Waals surface area contributed by atoms with Gasteiger partial charge in [0.2, 0.25) is 0 Å². The normalized spacial score (nSPS) is 20.2. The fourth-order valence-electron chi connectivity index (χ4n) is 5.12. The van der Waals surface area contributed by atoms with E-state index in [9.17, 15) is 8.42 Å². The van der Waals surface area contributed by atoms with Gasteiger partial charge in [0, 0.05) is 25.2 Å². The summed E-state index contributed by atoms with van der Waals surface area (Å²) in [6.07, 6.45) is 0.965. The highest BCUT2D eigenvalue weighted by molar-refractivity contribution is 7.86. The van der Waals surface area contributed by atoms with Gasteiger partial charge in [-0.15, -0.1) is 0 Å². The van der Waals surface area contributed by atoms with E-state index < -0.39 is 10.2 Å². The van der Waals surface area contributed by atoms with Crippen LogP contribution in [0, 0.1) is 0 Å². The lowest BCUT2D eigenvalue weighted by atomic mass is 9.86. The zero-order chi connectivity index (χ0) is 26.5. The third-order valence-electron chi connectivity index (χ3n) is 6.98. The molecule has 0 bridgehead atoms. The molecule has 8 nitrogen and oxygen atoms in total. The van der Waals surface area contributed by atoms with Crippen molar-refractivity contribution < 1.29 is 17.9 Å². The SMILES string of the molecule is CN1CCN(C(c2ccccc2)c2ccccc2)CC1(C)Cc1ccc2c(c1)OCCO2.NS(N)(=O)=O. The number of piperazine rings is 1. The van der Waals surface area contributed by atoms with Crippen molar-refractivity contribution in [2.45, 2.75) is 24.9 Å². The van der Waals surface area contributed by atoms with Gasteiger partial charge in [-0.2, -0.15) is 8.42 Å². The lowest BCUT2D eigenvalue weighted by Crippen LogP contribution is -2.60. The van der Waals surface area contributed by atoms with Gasteiger partial charge in [-0.1, -0.05) is 66.7 Å². The summed E-state index contributed by atoms with van der Waals surface area (Å²) in [5.74, 6) is 1.73. The molecule has 4 N–H and O–H groups in total. The Balaban J connectivity index is 0.000000586. The largest absolute Gasteiger partial charge is 0.486 e. The molecule has 0 aromatic heterocycles. The number of likely N-dealkylation sites (N-methyl/N-ethyl adjacent to an activating group) is 1. The molecule has 3 aromatic rings. The molecule has 1 saturated heterocycles. The molecule has 1 unspecified atom stereocenters. The van der Waals surface area contributed by atoms with Gasteiger partial charge < -0.3 is 9.47 Å². The van der Waals surface area contributed by atoms with E-state index in [2.05, 4.69) is 113 Å². The van der Waals surface area contributed by atoms with Gasteiger partial charge in [-0.3, -0.25) is 9.80 Å². The molecule has 1 fully saturated rings. The summed E-state index contributed by atoms with van der Waals surface area (Å²) >= 11 is 0.